The van der Waals surface area contributed by atoms with Crippen molar-refractivity contribution in [2.75, 3.05) is 26.7 Å². The van der Waals surface area contributed by atoms with Crippen molar-refractivity contribution in [2.24, 2.45) is 11.8 Å². The van der Waals surface area contributed by atoms with Crippen LogP contribution in [0.5, 0.6) is 0 Å². The minimum Gasteiger partial charge on any atom is -0.465 e. The van der Waals surface area contributed by atoms with Crippen molar-refractivity contribution in [3.8, 4) is 0 Å². The first-order valence-corrected chi connectivity index (χ1v) is 8.92. The lowest BCUT2D eigenvalue weighted by molar-refractivity contribution is -0.107. The number of nitrogens with one attached hydrogen (secondary N) is 2. The van der Waals surface area contributed by atoms with Gasteiger partial charge in [0, 0.05) is 33.1 Å². The molecule has 0 aliphatic heterocycles. The molecule has 0 radical (unpaired) electrons. The third-order valence-electron chi connectivity index (χ3n) is 4.64. The van der Waals surface area contributed by atoms with Crippen molar-refractivity contribution in [3.05, 3.63) is 0 Å². The molecule has 1 rings (SSSR count). The number of hydrogen-bond acceptors (Lipinski definition) is 3. The highest BCUT2D eigenvalue weighted by Crippen LogP contribution is 2.28. The molecule has 0 saturated heterocycles. The van der Waals surface area contributed by atoms with Crippen molar-refractivity contribution >= 4 is 18.4 Å². The van der Waals surface area contributed by atoms with Gasteiger partial charge >= 0.3 is 12.1 Å². The lowest BCUT2D eigenvalue weighted by Crippen LogP contribution is -2.41. The molecule has 1 saturated carbocycles. The van der Waals surface area contributed by atoms with E-state index in [0.29, 0.717) is 37.9 Å². The lowest BCUT2D eigenvalue weighted by Gasteiger charge is -2.29. The molecular weight excluding hydrogens is 310 g/mol. The first-order valence-electron chi connectivity index (χ1n) is 8.92. The van der Waals surface area contributed by atoms with E-state index in [4.69, 9.17) is 5.11 Å². The Morgan fingerprint density at radius 2 is 1.79 bits per heavy atom. The van der Waals surface area contributed by atoms with Gasteiger partial charge in [0.25, 0.3) is 0 Å². The predicted molar refractivity (Wildman–Crippen MR) is 92.0 cm³/mol. The van der Waals surface area contributed by atoms with E-state index >= 15 is 0 Å². The van der Waals surface area contributed by atoms with E-state index in [0.717, 1.165) is 51.2 Å². The zero-order valence-corrected chi connectivity index (χ0v) is 14.6. The number of carboxylic acid groups (broad SMARTS) is 1. The molecule has 7 heteroatoms. The minimum atomic E-state index is -0.972. The summed E-state index contributed by atoms with van der Waals surface area (Å²) in [6.07, 6.45) is 7.46. The molecule has 0 aromatic rings. The fraction of sp³-hybridized carbons (Fsp3) is 0.824. The van der Waals surface area contributed by atoms with Gasteiger partial charge in [-0.2, -0.15) is 0 Å². The summed E-state index contributed by atoms with van der Waals surface area (Å²) in [4.78, 5) is 34.6. The number of unbranched alkanes of at least 4 members (excludes halogenated alkanes) is 3. The van der Waals surface area contributed by atoms with Gasteiger partial charge in [0.1, 0.15) is 6.29 Å². The summed E-state index contributed by atoms with van der Waals surface area (Å²) < 4.78 is 0. The van der Waals surface area contributed by atoms with Gasteiger partial charge in [-0.3, -0.25) is 0 Å². The monoisotopic (exact) mass is 341 g/mol. The van der Waals surface area contributed by atoms with Crippen molar-refractivity contribution in [2.45, 2.75) is 51.4 Å². The second kappa shape index (κ2) is 11.7. The summed E-state index contributed by atoms with van der Waals surface area (Å²) in [5.41, 5.74) is 0. The Bertz CT molecular complexity index is 403. The van der Waals surface area contributed by atoms with Crippen LogP contribution in [0.1, 0.15) is 51.4 Å². The summed E-state index contributed by atoms with van der Waals surface area (Å²) >= 11 is 0. The van der Waals surface area contributed by atoms with Gasteiger partial charge in [0.2, 0.25) is 0 Å². The smallest absolute Gasteiger partial charge is 0.404 e. The summed E-state index contributed by atoms with van der Waals surface area (Å²) in [6.45, 7) is 1.85. The van der Waals surface area contributed by atoms with Crippen molar-refractivity contribution < 1.29 is 19.5 Å². The molecule has 2 atom stereocenters. The number of amides is 3. The second-order valence-electron chi connectivity index (χ2n) is 6.71. The first kappa shape index (κ1) is 20.3. The Morgan fingerprint density at radius 3 is 2.42 bits per heavy atom. The topological polar surface area (TPSA) is 98.7 Å². The largest absolute Gasteiger partial charge is 0.465 e. The van der Waals surface area contributed by atoms with Gasteiger partial charge in [-0.1, -0.05) is 12.8 Å². The van der Waals surface area contributed by atoms with Crippen LogP contribution in [0.4, 0.5) is 9.59 Å². The summed E-state index contributed by atoms with van der Waals surface area (Å²) in [6, 6.07) is -0.0591. The minimum absolute atomic E-state index is 0.0591. The number of urea groups is 1. The quantitative estimate of drug-likeness (QED) is 0.420. The molecule has 1 aliphatic rings. The molecule has 2 unspecified atom stereocenters. The van der Waals surface area contributed by atoms with Crippen LogP contribution < -0.4 is 10.6 Å². The highest BCUT2D eigenvalue weighted by atomic mass is 16.4. The van der Waals surface area contributed by atoms with Gasteiger partial charge in [0.05, 0.1) is 0 Å². The lowest BCUT2D eigenvalue weighted by atomic mass is 9.81. The highest BCUT2D eigenvalue weighted by molar-refractivity contribution is 5.73. The third-order valence-corrected chi connectivity index (χ3v) is 4.64. The summed E-state index contributed by atoms with van der Waals surface area (Å²) in [7, 11) is 1.79. The van der Waals surface area contributed by atoms with Gasteiger partial charge in [-0.15, -0.1) is 0 Å². The fourth-order valence-electron chi connectivity index (χ4n) is 3.23. The third kappa shape index (κ3) is 8.74. The predicted octanol–water partition coefficient (Wildman–Crippen LogP) is 2.46. The van der Waals surface area contributed by atoms with Crippen LogP contribution in [0.15, 0.2) is 0 Å². The van der Waals surface area contributed by atoms with Crippen LogP contribution in [-0.4, -0.2) is 55.1 Å². The molecule has 7 nitrogen and oxygen atoms in total. The van der Waals surface area contributed by atoms with Crippen LogP contribution in [0.2, 0.25) is 0 Å². The number of carbonyl (C=O) groups excluding carboxylic acids is 2. The molecule has 0 aromatic carbocycles. The highest BCUT2D eigenvalue weighted by Gasteiger charge is 2.23. The maximum atomic E-state index is 12.1. The van der Waals surface area contributed by atoms with Gasteiger partial charge in [-0.25, -0.2) is 9.59 Å². The molecule has 24 heavy (non-hydrogen) atoms. The van der Waals surface area contributed by atoms with Crippen molar-refractivity contribution in [1.82, 2.24) is 15.5 Å². The second-order valence-corrected chi connectivity index (χ2v) is 6.71. The Balaban J connectivity index is 2.18. The molecule has 0 bridgehead atoms. The molecular formula is C17H31N3O4. The number of aldehydes is 1. The van der Waals surface area contributed by atoms with Gasteiger partial charge < -0.3 is 25.4 Å². The summed E-state index contributed by atoms with van der Waals surface area (Å²) in [5.74, 6) is 0.789. The normalized spacial score (nSPS) is 20.2. The first-order chi connectivity index (χ1) is 11.5. The summed E-state index contributed by atoms with van der Waals surface area (Å²) in [5, 5.41) is 14.1. The van der Waals surface area contributed by atoms with E-state index < -0.39 is 6.09 Å². The standard InChI is InChI=1S/C17H31N3O4/c1-20(9-4-2-3-5-10-21)16(22)18-12-14-7-6-8-15(11-14)13-19-17(23)24/h10,14-15,19H,2-9,11-13H2,1H3,(H,18,22)(H,23,24). The zero-order valence-electron chi connectivity index (χ0n) is 14.6. The van der Waals surface area contributed by atoms with Crippen LogP contribution in [0.25, 0.3) is 0 Å². The van der Waals surface area contributed by atoms with Crippen LogP contribution in [-0.2, 0) is 4.79 Å². The molecule has 1 fully saturated rings. The number of carbonyl (C=O) groups is 3. The number of rotatable bonds is 10. The van der Waals surface area contributed by atoms with E-state index in [1.54, 1.807) is 11.9 Å². The Kier molecular flexibility index (Phi) is 9.88. The van der Waals surface area contributed by atoms with E-state index in [1.165, 1.54) is 0 Å². The zero-order chi connectivity index (χ0) is 17.8. The van der Waals surface area contributed by atoms with Crippen LogP contribution in [0.3, 0.4) is 0 Å². The van der Waals surface area contributed by atoms with Gasteiger partial charge in [0.15, 0.2) is 0 Å². The molecule has 3 N–H and O–H groups in total. The molecule has 138 valence electrons. The van der Waals surface area contributed by atoms with Crippen LogP contribution in [0, 0.1) is 11.8 Å². The molecule has 0 heterocycles. The van der Waals surface area contributed by atoms with E-state index in [-0.39, 0.29) is 6.03 Å². The maximum Gasteiger partial charge on any atom is 0.404 e. The van der Waals surface area contributed by atoms with Crippen molar-refractivity contribution in [1.29, 1.82) is 0 Å². The molecule has 0 spiro atoms. The van der Waals surface area contributed by atoms with E-state index in [1.807, 2.05) is 0 Å². The van der Waals surface area contributed by atoms with Gasteiger partial charge in [-0.05, 0) is 43.9 Å². The van der Waals surface area contributed by atoms with E-state index in [2.05, 4.69) is 10.6 Å². The number of nitrogens with zero attached hydrogens (tertiary/aromatic N) is 1. The molecule has 1 aliphatic carbocycles. The maximum absolute atomic E-state index is 12.1. The Labute approximate surface area is 144 Å². The fourth-order valence-corrected chi connectivity index (χ4v) is 3.23. The van der Waals surface area contributed by atoms with E-state index in [9.17, 15) is 14.4 Å². The van der Waals surface area contributed by atoms with Crippen LogP contribution >= 0.6 is 0 Å². The average Bonchev–Trinajstić information content (AvgIpc) is 2.57. The average molecular weight is 341 g/mol. The van der Waals surface area contributed by atoms with Crippen molar-refractivity contribution in [3.63, 3.8) is 0 Å². The SMILES string of the molecule is CN(CCCCCC=O)C(=O)NCC1CCCC(CNC(=O)O)C1. The number of hydrogen-bond donors (Lipinski definition) is 3. The Morgan fingerprint density at radius 1 is 1.12 bits per heavy atom. The molecule has 0 aromatic heterocycles. The molecule has 3 amide bonds. The Hall–Kier alpha value is -1.79.